The summed E-state index contributed by atoms with van der Waals surface area (Å²) in [6.07, 6.45) is 9.70. The minimum atomic E-state index is -3.29. The van der Waals surface area contributed by atoms with Gasteiger partial charge in [-0.1, -0.05) is 31.2 Å². The lowest BCUT2D eigenvalue weighted by Gasteiger charge is -2.07. The van der Waals surface area contributed by atoms with Crippen molar-refractivity contribution < 1.29 is 12.6 Å². The van der Waals surface area contributed by atoms with E-state index in [9.17, 15) is 8.42 Å². The number of allylic oxidation sites excluding steroid dienone is 4. The van der Waals surface area contributed by atoms with Crippen LogP contribution in [-0.2, 0) is 14.3 Å². The summed E-state index contributed by atoms with van der Waals surface area (Å²) in [7, 11) is -3.29. The fourth-order valence-corrected chi connectivity index (χ4v) is 1.29. The molecule has 14 heavy (non-hydrogen) atoms. The Hall–Kier alpha value is -0.610. The molecule has 0 aromatic rings. The minimum absolute atomic E-state index is 0.214. The lowest BCUT2D eigenvalue weighted by Crippen LogP contribution is -2.10. The zero-order valence-corrected chi connectivity index (χ0v) is 9.75. The third kappa shape index (κ3) is 9.48. The van der Waals surface area contributed by atoms with E-state index in [2.05, 4.69) is 4.18 Å². The maximum atomic E-state index is 10.7. The molecule has 0 aliphatic carbocycles. The van der Waals surface area contributed by atoms with Crippen LogP contribution in [0.15, 0.2) is 24.3 Å². The van der Waals surface area contributed by atoms with E-state index in [0.29, 0.717) is 0 Å². The molecular formula is C10H18O3S. The van der Waals surface area contributed by atoms with Crippen molar-refractivity contribution in [1.29, 1.82) is 0 Å². The van der Waals surface area contributed by atoms with E-state index in [-0.39, 0.29) is 12.5 Å². The second-order valence-electron chi connectivity index (χ2n) is 3.28. The maximum absolute atomic E-state index is 10.7. The van der Waals surface area contributed by atoms with Gasteiger partial charge in [-0.3, -0.25) is 4.18 Å². The van der Waals surface area contributed by atoms with Crippen molar-refractivity contribution in [3.63, 3.8) is 0 Å². The van der Waals surface area contributed by atoms with Gasteiger partial charge in [0.25, 0.3) is 10.1 Å². The van der Waals surface area contributed by atoms with Crippen molar-refractivity contribution >= 4 is 10.1 Å². The van der Waals surface area contributed by atoms with Crippen LogP contribution < -0.4 is 0 Å². The molecule has 0 saturated heterocycles. The third-order valence-corrected chi connectivity index (χ3v) is 2.11. The molecule has 0 rings (SSSR count). The first-order valence-corrected chi connectivity index (χ1v) is 6.39. The summed E-state index contributed by atoms with van der Waals surface area (Å²) < 4.78 is 26.0. The van der Waals surface area contributed by atoms with Gasteiger partial charge >= 0.3 is 0 Å². The van der Waals surface area contributed by atoms with Crippen LogP contribution in [0.2, 0.25) is 0 Å². The van der Waals surface area contributed by atoms with E-state index in [1.165, 1.54) is 0 Å². The second-order valence-corrected chi connectivity index (χ2v) is 4.93. The average Bonchev–Trinajstić information content (AvgIpc) is 2.08. The Labute approximate surface area is 86.6 Å². The van der Waals surface area contributed by atoms with E-state index in [1.54, 1.807) is 0 Å². The van der Waals surface area contributed by atoms with Crippen molar-refractivity contribution in [3.05, 3.63) is 24.3 Å². The monoisotopic (exact) mass is 218 g/mol. The van der Waals surface area contributed by atoms with Crippen LogP contribution in [0.5, 0.6) is 0 Å². The lowest BCUT2D eigenvalue weighted by molar-refractivity contribution is 0.268. The molecule has 0 N–H and O–H groups in total. The molecule has 0 aliphatic heterocycles. The molecule has 4 heteroatoms. The van der Waals surface area contributed by atoms with Gasteiger partial charge in [0.05, 0.1) is 12.9 Å². The number of hydrogen-bond donors (Lipinski definition) is 0. The predicted octanol–water partition coefficient (Wildman–Crippen LogP) is 2.12. The van der Waals surface area contributed by atoms with Crippen LogP contribution in [0.1, 0.15) is 20.3 Å². The zero-order chi connectivity index (χ0) is 11.0. The summed E-state index contributed by atoms with van der Waals surface area (Å²) in [6.45, 7) is 4.14. The zero-order valence-electron chi connectivity index (χ0n) is 8.93. The Morgan fingerprint density at radius 3 is 2.50 bits per heavy atom. The van der Waals surface area contributed by atoms with Crippen LogP contribution in [0.3, 0.4) is 0 Å². The molecule has 0 spiro atoms. The van der Waals surface area contributed by atoms with Crippen LogP contribution >= 0.6 is 0 Å². The van der Waals surface area contributed by atoms with E-state index < -0.39 is 10.1 Å². The largest absolute Gasteiger partial charge is 0.270 e. The molecule has 82 valence electrons. The molecule has 0 aromatic heterocycles. The molecule has 0 aliphatic rings. The molecule has 0 radical (unpaired) electrons. The van der Waals surface area contributed by atoms with Crippen molar-refractivity contribution in [2.45, 2.75) is 20.3 Å². The van der Waals surface area contributed by atoms with Gasteiger partial charge in [0.1, 0.15) is 0 Å². The minimum Gasteiger partial charge on any atom is -0.270 e. The Kier molecular flexibility index (Phi) is 6.49. The average molecular weight is 218 g/mol. The lowest BCUT2D eigenvalue weighted by atomic mass is 10.1. The summed E-state index contributed by atoms with van der Waals surface area (Å²) >= 11 is 0. The van der Waals surface area contributed by atoms with E-state index in [0.717, 1.165) is 12.7 Å². The SMILES string of the molecule is C/C=C/C=C/CC(C)COS(C)(=O)=O. The quantitative estimate of drug-likeness (QED) is 0.506. The van der Waals surface area contributed by atoms with Crippen molar-refractivity contribution in [2.24, 2.45) is 5.92 Å². The first kappa shape index (κ1) is 13.4. The highest BCUT2D eigenvalue weighted by atomic mass is 32.2. The van der Waals surface area contributed by atoms with Crippen LogP contribution in [0, 0.1) is 5.92 Å². The molecule has 3 nitrogen and oxygen atoms in total. The molecule has 0 aromatic carbocycles. The molecule has 0 fully saturated rings. The topological polar surface area (TPSA) is 43.4 Å². The van der Waals surface area contributed by atoms with E-state index in [1.807, 2.05) is 38.2 Å². The smallest absolute Gasteiger partial charge is 0.264 e. The van der Waals surface area contributed by atoms with Gasteiger partial charge in [-0.25, -0.2) is 0 Å². The highest BCUT2D eigenvalue weighted by Crippen LogP contribution is 2.05. The Morgan fingerprint density at radius 1 is 1.36 bits per heavy atom. The Balaban J connectivity index is 3.71. The van der Waals surface area contributed by atoms with Gasteiger partial charge in [-0.15, -0.1) is 0 Å². The van der Waals surface area contributed by atoms with Crippen LogP contribution in [-0.4, -0.2) is 21.3 Å². The van der Waals surface area contributed by atoms with E-state index in [4.69, 9.17) is 0 Å². The first-order chi connectivity index (χ1) is 6.45. The second kappa shape index (κ2) is 6.79. The summed E-state index contributed by atoms with van der Waals surface area (Å²) in [5, 5.41) is 0. The van der Waals surface area contributed by atoms with Gasteiger partial charge in [0.15, 0.2) is 0 Å². The molecule has 0 saturated carbocycles. The van der Waals surface area contributed by atoms with Gasteiger partial charge in [0, 0.05) is 0 Å². The van der Waals surface area contributed by atoms with Gasteiger partial charge in [-0.2, -0.15) is 8.42 Å². The highest BCUT2D eigenvalue weighted by Gasteiger charge is 2.05. The Bertz CT molecular complexity index is 288. The number of hydrogen-bond acceptors (Lipinski definition) is 3. The number of rotatable bonds is 6. The highest BCUT2D eigenvalue weighted by molar-refractivity contribution is 7.85. The van der Waals surface area contributed by atoms with Crippen LogP contribution in [0.25, 0.3) is 0 Å². The fourth-order valence-electron chi connectivity index (χ4n) is 0.808. The fraction of sp³-hybridized carbons (Fsp3) is 0.600. The van der Waals surface area contributed by atoms with Crippen molar-refractivity contribution in [3.8, 4) is 0 Å². The predicted molar refractivity (Wildman–Crippen MR) is 58.5 cm³/mol. The van der Waals surface area contributed by atoms with E-state index >= 15 is 0 Å². The summed E-state index contributed by atoms with van der Waals surface area (Å²) in [5.74, 6) is 0.214. The van der Waals surface area contributed by atoms with Crippen LogP contribution in [0.4, 0.5) is 0 Å². The molecule has 1 unspecified atom stereocenters. The van der Waals surface area contributed by atoms with Gasteiger partial charge < -0.3 is 0 Å². The van der Waals surface area contributed by atoms with Crippen molar-refractivity contribution in [2.75, 3.05) is 12.9 Å². The van der Waals surface area contributed by atoms with Gasteiger partial charge in [0.2, 0.25) is 0 Å². The third-order valence-electron chi connectivity index (χ3n) is 1.54. The molecule has 0 amide bonds. The normalized spacial score (nSPS) is 15.4. The summed E-state index contributed by atoms with van der Waals surface area (Å²) in [4.78, 5) is 0. The molecule has 0 heterocycles. The summed E-state index contributed by atoms with van der Waals surface area (Å²) in [6, 6.07) is 0. The Morgan fingerprint density at radius 2 is 2.00 bits per heavy atom. The maximum Gasteiger partial charge on any atom is 0.264 e. The molecule has 1 atom stereocenters. The summed E-state index contributed by atoms with van der Waals surface area (Å²) in [5.41, 5.74) is 0. The molecular weight excluding hydrogens is 200 g/mol. The van der Waals surface area contributed by atoms with Crippen molar-refractivity contribution in [1.82, 2.24) is 0 Å². The standard InChI is InChI=1S/C10H18O3S/c1-4-5-6-7-8-10(2)9-13-14(3,11)12/h4-7,10H,8-9H2,1-3H3/b5-4+,7-6+. The van der Waals surface area contributed by atoms with Gasteiger partial charge in [-0.05, 0) is 19.3 Å². The molecule has 0 bridgehead atoms. The first-order valence-electron chi connectivity index (χ1n) is 4.58.